The van der Waals surface area contributed by atoms with E-state index in [1.165, 1.54) is 11.3 Å². The first-order chi connectivity index (χ1) is 11.1. The number of benzene rings is 1. The van der Waals surface area contributed by atoms with Crippen molar-refractivity contribution in [3.63, 3.8) is 0 Å². The smallest absolute Gasteiger partial charge is 0.310 e. The Balaban J connectivity index is 1.57. The molecule has 0 N–H and O–H groups in total. The molecule has 0 saturated heterocycles. The third kappa shape index (κ3) is 4.10. The first-order valence-electron chi connectivity index (χ1n) is 6.56. The number of carbonyl (C=O) groups is 1. The summed E-state index contributed by atoms with van der Waals surface area (Å²) in [6, 6.07) is 6.82. The highest BCUT2D eigenvalue weighted by Crippen LogP contribution is 2.22. The Labute approximate surface area is 145 Å². The number of hydrogen-bond donors (Lipinski definition) is 0. The predicted octanol–water partition coefficient (Wildman–Crippen LogP) is 4.39. The fourth-order valence-corrected chi connectivity index (χ4v) is 2.95. The fourth-order valence-electron chi connectivity index (χ4n) is 1.84. The summed E-state index contributed by atoms with van der Waals surface area (Å²) >= 11 is 13.4. The molecule has 2 aromatic heterocycles. The lowest BCUT2D eigenvalue weighted by Crippen LogP contribution is -2.08. The Kier molecular flexibility index (Phi) is 4.95. The van der Waals surface area contributed by atoms with Crippen LogP contribution >= 0.6 is 34.5 Å². The van der Waals surface area contributed by atoms with Gasteiger partial charge in [-0.15, -0.1) is 0 Å². The number of hydrogen-bond acceptors (Lipinski definition) is 6. The number of thiophene rings is 1. The summed E-state index contributed by atoms with van der Waals surface area (Å²) < 4.78 is 10.2. The van der Waals surface area contributed by atoms with E-state index in [9.17, 15) is 4.79 Å². The van der Waals surface area contributed by atoms with Crippen LogP contribution in [-0.2, 0) is 22.6 Å². The Hall–Kier alpha value is -1.89. The lowest BCUT2D eigenvalue weighted by atomic mass is 10.1. The van der Waals surface area contributed by atoms with Crippen molar-refractivity contribution in [3.05, 3.63) is 56.5 Å². The van der Waals surface area contributed by atoms with Crippen molar-refractivity contribution < 1.29 is 14.1 Å². The van der Waals surface area contributed by atoms with Crippen LogP contribution < -0.4 is 0 Å². The van der Waals surface area contributed by atoms with Crippen LogP contribution in [0.5, 0.6) is 0 Å². The molecule has 5 nitrogen and oxygen atoms in total. The molecule has 0 radical (unpaired) electrons. The molecule has 0 atom stereocenters. The summed E-state index contributed by atoms with van der Waals surface area (Å²) in [4.78, 5) is 16.0. The monoisotopic (exact) mass is 368 g/mol. The van der Waals surface area contributed by atoms with E-state index in [1.807, 2.05) is 16.8 Å². The van der Waals surface area contributed by atoms with Crippen LogP contribution in [-0.4, -0.2) is 16.1 Å². The van der Waals surface area contributed by atoms with E-state index in [0.717, 1.165) is 5.56 Å². The summed E-state index contributed by atoms with van der Waals surface area (Å²) in [6.07, 6.45) is 0.0432. The zero-order valence-corrected chi connectivity index (χ0v) is 14.0. The van der Waals surface area contributed by atoms with Gasteiger partial charge in [-0.2, -0.15) is 16.3 Å². The van der Waals surface area contributed by atoms with E-state index in [0.29, 0.717) is 21.4 Å². The maximum atomic E-state index is 11.9. The van der Waals surface area contributed by atoms with Gasteiger partial charge in [0.2, 0.25) is 5.82 Å². The van der Waals surface area contributed by atoms with Gasteiger partial charge in [0, 0.05) is 21.0 Å². The van der Waals surface area contributed by atoms with Crippen molar-refractivity contribution >= 4 is 40.5 Å². The average Bonchev–Trinajstić information content (AvgIpc) is 3.18. The summed E-state index contributed by atoms with van der Waals surface area (Å²) in [6.45, 7) is -0.0822. The number of esters is 1. The number of ether oxygens (including phenoxy) is 1. The molecule has 1 aromatic carbocycles. The van der Waals surface area contributed by atoms with E-state index in [1.54, 1.807) is 18.2 Å². The lowest BCUT2D eigenvalue weighted by Gasteiger charge is -2.04. The van der Waals surface area contributed by atoms with E-state index in [4.69, 9.17) is 32.5 Å². The van der Waals surface area contributed by atoms with E-state index >= 15 is 0 Å². The molecule has 0 aliphatic carbocycles. The molecule has 0 saturated carbocycles. The normalized spacial score (nSPS) is 10.7. The van der Waals surface area contributed by atoms with Crippen LogP contribution in [0.3, 0.4) is 0 Å². The van der Waals surface area contributed by atoms with Gasteiger partial charge < -0.3 is 9.26 Å². The SMILES string of the molecule is O=C(Cc1ccc(Cl)cc1Cl)OCc1nc(-c2ccsc2)no1. The van der Waals surface area contributed by atoms with Crippen molar-refractivity contribution in [2.75, 3.05) is 0 Å². The molecule has 8 heteroatoms. The Morgan fingerprint density at radius 1 is 1.30 bits per heavy atom. The van der Waals surface area contributed by atoms with Crippen LogP contribution in [0.2, 0.25) is 10.0 Å². The minimum absolute atomic E-state index is 0.0432. The van der Waals surface area contributed by atoms with Gasteiger partial charge in [0.1, 0.15) is 0 Å². The quantitative estimate of drug-likeness (QED) is 0.624. The van der Waals surface area contributed by atoms with Gasteiger partial charge in [0.25, 0.3) is 5.89 Å². The number of aromatic nitrogens is 2. The number of nitrogens with zero attached hydrogens (tertiary/aromatic N) is 2. The standard InChI is InChI=1S/C15H10Cl2N2O3S/c16-11-2-1-9(12(17)6-11)5-14(20)21-7-13-18-15(19-22-13)10-3-4-23-8-10/h1-4,6,8H,5,7H2. The van der Waals surface area contributed by atoms with Crippen LogP contribution in [0.1, 0.15) is 11.5 Å². The molecular weight excluding hydrogens is 359 g/mol. The van der Waals surface area contributed by atoms with Crippen molar-refractivity contribution in [3.8, 4) is 11.4 Å². The second-order valence-electron chi connectivity index (χ2n) is 4.60. The zero-order chi connectivity index (χ0) is 16.2. The van der Waals surface area contributed by atoms with Crippen LogP contribution in [0, 0.1) is 0 Å². The second kappa shape index (κ2) is 7.12. The number of halogens is 2. The Morgan fingerprint density at radius 3 is 2.91 bits per heavy atom. The van der Waals surface area contributed by atoms with Gasteiger partial charge >= 0.3 is 5.97 Å². The molecule has 2 heterocycles. The van der Waals surface area contributed by atoms with Gasteiger partial charge in [0.05, 0.1) is 6.42 Å². The average molecular weight is 369 g/mol. The van der Waals surface area contributed by atoms with Gasteiger partial charge in [-0.05, 0) is 29.1 Å². The maximum Gasteiger partial charge on any atom is 0.310 e. The molecule has 3 rings (SSSR count). The van der Waals surface area contributed by atoms with Crippen molar-refractivity contribution in [2.45, 2.75) is 13.0 Å². The van der Waals surface area contributed by atoms with Crippen LogP contribution in [0.25, 0.3) is 11.4 Å². The Bertz CT molecular complexity index is 818. The van der Waals surface area contributed by atoms with Gasteiger partial charge in [-0.25, -0.2) is 0 Å². The largest absolute Gasteiger partial charge is 0.455 e. The second-order valence-corrected chi connectivity index (χ2v) is 6.22. The van der Waals surface area contributed by atoms with E-state index < -0.39 is 5.97 Å². The summed E-state index contributed by atoms with van der Waals surface area (Å²) in [5, 5.41) is 8.60. The van der Waals surface area contributed by atoms with Crippen molar-refractivity contribution in [1.82, 2.24) is 10.1 Å². The molecule has 0 spiro atoms. The lowest BCUT2D eigenvalue weighted by molar-refractivity contribution is -0.144. The van der Waals surface area contributed by atoms with E-state index in [-0.39, 0.29) is 18.9 Å². The number of rotatable bonds is 5. The predicted molar refractivity (Wildman–Crippen MR) is 87.6 cm³/mol. The molecule has 0 aliphatic heterocycles. The van der Waals surface area contributed by atoms with Gasteiger partial charge in [-0.1, -0.05) is 34.4 Å². The third-order valence-corrected chi connectivity index (χ3v) is 4.22. The molecule has 0 amide bonds. The molecule has 23 heavy (non-hydrogen) atoms. The summed E-state index contributed by atoms with van der Waals surface area (Å²) in [7, 11) is 0. The minimum Gasteiger partial charge on any atom is -0.455 e. The highest BCUT2D eigenvalue weighted by molar-refractivity contribution is 7.08. The molecule has 0 unspecified atom stereocenters. The van der Waals surface area contributed by atoms with Crippen LogP contribution in [0.4, 0.5) is 0 Å². The van der Waals surface area contributed by atoms with Gasteiger partial charge in [-0.3, -0.25) is 4.79 Å². The highest BCUT2D eigenvalue weighted by Gasteiger charge is 2.13. The molecular formula is C15H10Cl2N2O3S. The first-order valence-corrected chi connectivity index (χ1v) is 8.26. The van der Waals surface area contributed by atoms with Crippen molar-refractivity contribution in [2.24, 2.45) is 0 Å². The van der Waals surface area contributed by atoms with Crippen molar-refractivity contribution in [1.29, 1.82) is 0 Å². The number of carbonyl (C=O) groups excluding carboxylic acids is 1. The first kappa shape index (κ1) is 16.0. The maximum absolute atomic E-state index is 11.9. The molecule has 118 valence electrons. The summed E-state index contributed by atoms with van der Waals surface area (Å²) in [5.41, 5.74) is 1.51. The third-order valence-electron chi connectivity index (χ3n) is 2.95. The van der Waals surface area contributed by atoms with Crippen LogP contribution in [0.15, 0.2) is 39.5 Å². The zero-order valence-electron chi connectivity index (χ0n) is 11.7. The summed E-state index contributed by atoms with van der Waals surface area (Å²) in [5.74, 6) is 0.268. The molecule has 3 aromatic rings. The minimum atomic E-state index is -0.440. The van der Waals surface area contributed by atoms with Gasteiger partial charge in [0.15, 0.2) is 6.61 Å². The molecule has 0 fully saturated rings. The molecule has 0 aliphatic rings. The molecule has 0 bridgehead atoms. The topological polar surface area (TPSA) is 65.2 Å². The van der Waals surface area contributed by atoms with E-state index in [2.05, 4.69) is 10.1 Å². The fraction of sp³-hybridized carbons (Fsp3) is 0.133. The Morgan fingerprint density at radius 2 is 2.17 bits per heavy atom. The highest BCUT2D eigenvalue weighted by atomic mass is 35.5.